The molecule has 0 aliphatic carbocycles. The summed E-state index contributed by atoms with van der Waals surface area (Å²) in [4.78, 5) is 11.8. The fourth-order valence-electron chi connectivity index (χ4n) is 2.17. The first-order valence-corrected chi connectivity index (χ1v) is 7.55. The third kappa shape index (κ3) is 4.52. The van der Waals surface area contributed by atoms with Crippen LogP contribution >= 0.6 is 0 Å². The summed E-state index contributed by atoms with van der Waals surface area (Å²) in [5, 5.41) is 2.76. The average Bonchev–Trinajstić information content (AvgIpc) is 2.54. The summed E-state index contributed by atoms with van der Waals surface area (Å²) >= 11 is 0. The first-order valence-electron chi connectivity index (χ1n) is 7.55. The van der Waals surface area contributed by atoms with Crippen LogP contribution in [0.2, 0.25) is 0 Å². The van der Waals surface area contributed by atoms with Gasteiger partial charge in [-0.3, -0.25) is 4.79 Å². The molecule has 0 bridgehead atoms. The Kier molecular flexibility index (Phi) is 5.83. The van der Waals surface area contributed by atoms with Crippen molar-refractivity contribution in [3.63, 3.8) is 0 Å². The standard InChI is InChI=1S/C18H22N2O2/c1-2-20-18(21)15-10-11-16(19)17(13-15)22-12-6-9-14-7-4-3-5-8-14/h3-5,7-8,10-11,13H,2,6,9,12,19H2,1H3,(H,20,21). The van der Waals surface area contributed by atoms with E-state index in [0.717, 1.165) is 12.8 Å². The number of nitrogens with one attached hydrogen (secondary N) is 1. The molecule has 4 nitrogen and oxygen atoms in total. The molecule has 0 saturated carbocycles. The Bertz CT molecular complexity index is 612. The van der Waals surface area contributed by atoms with Crippen LogP contribution in [0.1, 0.15) is 29.3 Å². The molecule has 2 rings (SSSR count). The van der Waals surface area contributed by atoms with Crippen molar-refractivity contribution in [2.24, 2.45) is 0 Å². The van der Waals surface area contributed by atoms with Gasteiger partial charge in [-0.1, -0.05) is 30.3 Å². The minimum Gasteiger partial charge on any atom is -0.491 e. The number of rotatable bonds is 7. The highest BCUT2D eigenvalue weighted by Crippen LogP contribution is 2.23. The first-order chi connectivity index (χ1) is 10.7. The molecule has 0 saturated heterocycles. The molecule has 3 N–H and O–H groups in total. The van der Waals surface area contributed by atoms with Crippen LogP contribution in [0.25, 0.3) is 0 Å². The quantitative estimate of drug-likeness (QED) is 0.610. The van der Waals surface area contributed by atoms with Gasteiger partial charge in [-0.25, -0.2) is 0 Å². The Morgan fingerprint density at radius 1 is 1.18 bits per heavy atom. The van der Waals surface area contributed by atoms with E-state index in [0.29, 0.717) is 30.2 Å². The zero-order valence-electron chi connectivity index (χ0n) is 12.8. The van der Waals surface area contributed by atoms with Crippen LogP contribution in [0.3, 0.4) is 0 Å². The smallest absolute Gasteiger partial charge is 0.251 e. The molecule has 0 heterocycles. The molecule has 0 aliphatic heterocycles. The Labute approximate surface area is 131 Å². The number of benzene rings is 2. The summed E-state index contributed by atoms with van der Waals surface area (Å²) in [6.07, 6.45) is 1.85. The highest BCUT2D eigenvalue weighted by Gasteiger charge is 2.08. The lowest BCUT2D eigenvalue weighted by atomic mass is 10.1. The van der Waals surface area contributed by atoms with Gasteiger partial charge in [-0.05, 0) is 43.5 Å². The van der Waals surface area contributed by atoms with Gasteiger partial charge in [0.05, 0.1) is 12.3 Å². The van der Waals surface area contributed by atoms with Gasteiger partial charge >= 0.3 is 0 Å². The summed E-state index contributed by atoms with van der Waals surface area (Å²) in [6, 6.07) is 15.4. The third-order valence-corrected chi connectivity index (χ3v) is 3.32. The van der Waals surface area contributed by atoms with E-state index in [1.165, 1.54) is 5.56 Å². The number of anilines is 1. The van der Waals surface area contributed by atoms with Gasteiger partial charge in [0.25, 0.3) is 5.91 Å². The zero-order valence-corrected chi connectivity index (χ0v) is 12.8. The van der Waals surface area contributed by atoms with Gasteiger partial charge < -0.3 is 15.8 Å². The van der Waals surface area contributed by atoms with Gasteiger partial charge in [0.1, 0.15) is 5.75 Å². The fraction of sp³-hybridized carbons (Fsp3) is 0.278. The summed E-state index contributed by atoms with van der Waals surface area (Å²) in [5.41, 5.74) is 8.30. The summed E-state index contributed by atoms with van der Waals surface area (Å²) < 4.78 is 5.72. The molecule has 0 aliphatic rings. The molecule has 0 fully saturated rings. The monoisotopic (exact) mass is 298 g/mol. The van der Waals surface area contributed by atoms with E-state index in [1.807, 2.05) is 25.1 Å². The van der Waals surface area contributed by atoms with Gasteiger partial charge in [0.2, 0.25) is 0 Å². The molecular weight excluding hydrogens is 276 g/mol. The largest absolute Gasteiger partial charge is 0.491 e. The van der Waals surface area contributed by atoms with Crippen LogP contribution in [0, 0.1) is 0 Å². The molecule has 0 aromatic heterocycles. The van der Waals surface area contributed by atoms with E-state index in [9.17, 15) is 4.79 Å². The van der Waals surface area contributed by atoms with E-state index >= 15 is 0 Å². The average molecular weight is 298 g/mol. The van der Waals surface area contributed by atoms with Crippen molar-refractivity contribution < 1.29 is 9.53 Å². The minimum absolute atomic E-state index is 0.114. The van der Waals surface area contributed by atoms with Crippen LogP contribution in [0.5, 0.6) is 5.75 Å². The molecule has 0 atom stereocenters. The number of nitrogen functional groups attached to an aromatic ring is 1. The second-order valence-electron chi connectivity index (χ2n) is 5.05. The van der Waals surface area contributed by atoms with Gasteiger partial charge in [-0.15, -0.1) is 0 Å². The summed E-state index contributed by atoms with van der Waals surface area (Å²) in [5.74, 6) is 0.452. The van der Waals surface area contributed by atoms with Crippen LogP contribution < -0.4 is 15.8 Å². The van der Waals surface area contributed by atoms with Crippen molar-refractivity contribution in [3.05, 3.63) is 59.7 Å². The number of hydrogen-bond acceptors (Lipinski definition) is 3. The van der Waals surface area contributed by atoms with Crippen LogP contribution in [-0.4, -0.2) is 19.1 Å². The molecule has 116 valence electrons. The number of ether oxygens (including phenoxy) is 1. The number of nitrogens with two attached hydrogens (primary N) is 1. The Morgan fingerprint density at radius 2 is 1.95 bits per heavy atom. The maximum absolute atomic E-state index is 11.8. The number of carbonyl (C=O) groups is 1. The van der Waals surface area contributed by atoms with E-state index in [2.05, 4.69) is 17.4 Å². The third-order valence-electron chi connectivity index (χ3n) is 3.32. The van der Waals surface area contributed by atoms with Crippen molar-refractivity contribution in [1.29, 1.82) is 0 Å². The lowest BCUT2D eigenvalue weighted by Crippen LogP contribution is -2.22. The van der Waals surface area contributed by atoms with E-state index in [4.69, 9.17) is 10.5 Å². The zero-order chi connectivity index (χ0) is 15.8. The van der Waals surface area contributed by atoms with E-state index in [-0.39, 0.29) is 5.91 Å². The van der Waals surface area contributed by atoms with E-state index in [1.54, 1.807) is 18.2 Å². The molecule has 22 heavy (non-hydrogen) atoms. The van der Waals surface area contributed by atoms with E-state index < -0.39 is 0 Å². The predicted molar refractivity (Wildman–Crippen MR) is 89.1 cm³/mol. The van der Waals surface area contributed by atoms with Crippen molar-refractivity contribution in [3.8, 4) is 5.75 Å². The molecule has 2 aromatic rings. The Balaban J connectivity index is 1.89. The Hall–Kier alpha value is -2.49. The van der Waals surface area contributed by atoms with Crippen molar-refractivity contribution in [2.75, 3.05) is 18.9 Å². The van der Waals surface area contributed by atoms with Gasteiger partial charge in [-0.2, -0.15) is 0 Å². The Morgan fingerprint density at radius 3 is 2.68 bits per heavy atom. The van der Waals surface area contributed by atoms with Crippen LogP contribution in [-0.2, 0) is 6.42 Å². The molecule has 2 aromatic carbocycles. The molecule has 0 unspecified atom stereocenters. The lowest BCUT2D eigenvalue weighted by molar-refractivity contribution is 0.0955. The fourth-order valence-corrected chi connectivity index (χ4v) is 2.17. The maximum Gasteiger partial charge on any atom is 0.251 e. The first kappa shape index (κ1) is 15.9. The molecule has 0 spiro atoms. The maximum atomic E-state index is 11.8. The van der Waals surface area contributed by atoms with Crippen LogP contribution in [0.4, 0.5) is 5.69 Å². The SMILES string of the molecule is CCNC(=O)c1ccc(N)c(OCCCc2ccccc2)c1. The van der Waals surface area contributed by atoms with Crippen molar-refractivity contribution in [2.45, 2.75) is 19.8 Å². The highest BCUT2D eigenvalue weighted by molar-refractivity contribution is 5.95. The second-order valence-corrected chi connectivity index (χ2v) is 5.05. The number of hydrogen-bond donors (Lipinski definition) is 2. The van der Waals surface area contributed by atoms with Gasteiger partial charge in [0.15, 0.2) is 0 Å². The second kappa shape index (κ2) is 8.08. The normalized spacial score (nSPS) is 10.2. The molecule has 1 amide bonds. The van der Waals surface area contributed by atoms with Crippen LogP contribution in [0.15, 0.2) is 48.5 Å². The minimum atomic E-state index is -0.114. The topological polar surface area (TPSA) is 64.4 Å². The van der Waals surface area contributed by atoms with Gasteiger partial charge in [0, 0.05) is 12.1 Å². The van der Waals surface area contributed by atoms with Crippen molar-refractivity contribution >= 4 is 11.6 Å². The predicted octanol–water partition coefficient (Wildman–Crippen LogP) is 3.03. The number of carbonyl (C=O) groups excluding carboxylic acids is 1. The lowest BCUT2D eigenvalue weighted by Gasteiger charge is -2.11. The molecule has 0 radical (unpaired) electrons. The highest BCUT2D eigenvalue weighted by atomic mass is 16.5. The summed E-state index contributed by atoms with van der Waals surface area (Å²) in [6.45, 7) is 3.05. The number of amides is 1. The molecule has 4 heteroatoms. The molecular formula is C18H22N2O2. The number of aryl methyl sites for hydroxylation is 1. The van der Waals surface area contributed by atoms with Crippen molar-refractivity contribution in [1.82, 2.24) is 5.32 Å². The summed E-state index contributed by atoms with van der Waals surface area (Å²) in [7, 11) is 0.